The molecule has 0 bridgehead atoms. The molecule has 0 aliphatic heterocycles. The number of phenols is 1. The van der Waals surface area contributed by atoms with Gasteiger partial charge in [-0.15, -0.1) is 0 Å². The van der Waals surface area contributed by atoms with Crippen LogP contribution in [0.2, 0.25) is 0 Å². The highest BCUT2D eigenvalue weighted by atomic mass is 16.4. The number of carboxylic acid groups (broad SMARTS) is 1. The molecule has 210 valence electrons. The third-order valence-corrected chi connectivity index (χ3v) is 5.14. The molecule has 16 nitrogen and oxygen atoms in total. The maximum atomic E-state index is 12.7. The van der Waals surface area contributed by atoms with Crippen molar-refractivity contribution in [3.63, 3.8) is 0 Å². The van der Waals surface area contributed by atoms with Crippen LogP contribution in [0.3, 0.4) is 0 Å². The third-order valence-electron chi connectivity index (χ3n) is 5.14. The number of aromatic hydroxyl groups is 1. The average molecular weight is 539 g/mol. The number of aliphatic carboxylic acids is 1. The van der Waals surface area contributed by atoms with Crippen molar-refractivity contribution in [2.45, 2.75) is 49.9 Å². The fourth-order valence-electron chi connectivity index (χ4n) is 3.17. The molecular formula is C22H34N8O8. The number of phenolic OH excluding ortho intramolecular Hbond substituents is 1. The van der Waals surface area contributed by atoms with E-state index in [2.05, 4.69) is 20.9 Å². The van der Waals surface area contributed by atoms with E-state index in [0.717, 1.165) is 0 Å². The Hall–Kier alpha value is -4.44. The molecule has 1 aromatic rings. The summed E-state index contributed by atoms with van der Waals surface area (Å²) in [5.74, 6) is -5.39. The van der Waals surface area contributed by atoms with Crippen molar-refractivity contribution in [3.05, 3.63) is 29.8 Å². The number of hydrogen-bond acceptors (Lipinski definition) is 9. The first-order chi connectivity index (χ1) is 17.8. The molecule has 0 saturated carbocycles. The van der Waals surface area contributed by atoms with Gasteiger partial charge in [0.1, 0.15) is 23.9 Å². The number of primary amides is 1. The fourth-order valence-corrected chi connectivity index (χ4v) is 3.17. The van der Waals surface area contributed by atoms with Crippen LogP contribution in [0.25, 0.3) is 0 Å². The van der Waals surface area contributed by atoms with Gasteiger partial charge in [-0.2, -0.15) is 0 Å². The van der Waals surface area contributed by atoms with Crippen LogP contribution in [0.1, 0.15) is 24.8 Å². The maximum absolute atomic E-state index is 12.7. The Balaban J connectivity index is 2.82. The number of aliphatic hydroxyl groups excluding tert-OH is 1. The van der Waals surface area contributed by atoms with Gasteiger partial charge in [-0.05, 0) is 37.0 Å². The first kappa shape index (κ1) is 31.6. The highest BCUT2D eigenvalue weighted by molar-refractivity contribution is 5.96. The van der Waals surface area contributed by atoms with E-state index in [0.29, 0.717) is 5.56 Å². The van der Waals surface area contributed by atoms with Gasteiger partial charge in [0.05, 0.1) is 19.1 Å². The Morgan fingerprint density at radius 3 is 1.95 bits per heavy atom. The minimum absolute atomic E-state index is 0.0268. The predicted octanol–water partition coefficient (Wildman–Crippen LogP) is -4.28. The molecule has 0 aromatic heterocycles. The summed E-state index contributed by atoms with van der Waals surface area (Å²) in [4.78, 5) is 64.5. The molecule has 0 fully saturated rings. The summed E-state index contributed by atoms with van der Waals surface area (Å²) in [5.41, 5.74) is 22.1. The number of guanidine groups is 1. The van der Waals surface area contributed by atoms with Gasteiger partial charge < -0.3 is 54.2 Å². The summed E-state index contributed by atoms with van der Waals surface area (Å²) in [6.07, 6.45) is -0.503. The Bertz CT molecular complexity index is 1010. The molecule has 16 heteroatoms. The van der Waals surface area contributed by atoms with E-state index in [4.69, 9.17) is 22.9 Å². The summed E-state index contributed by atoms with van der Waals surface area (Å²) in [6.45, 7) is -0.771. The van der Waals surface area contributed by atoms with Gasteiger partial charge in [0, 0.05) is 6.54 Å². The largest absolute Gasteiger partial charge is 0.508 e. The summed E-state index contributed by atoms with van der Waals surface area (Å²) < 4.78 is 0. The minimum Gasteiger partial charge on any atom is -0.508 e. The number of aliphatic imine (C=N–C) groups is 1. The zero-order chi connectivity index (χ0) is 28.8. The van der Waals surface area contributed by atoms with E-state index in [9.17, 15) is 39.3 Å². The standard InChI is InChI=1S/C22H34N8O8/c23-13(8-11-3-5-12(32)6-4-11)18(34)30-16(10-31)20(36)29-15(9-17(24)33)19(35)28-14(21(37)38)2-1-7-27-22(25)26/h3-6,13-16,31-32H,1-2,7-10,23H2,(H2,24,33)(H,28,35)(H,29,36)(H,30,34)(H,37,38)(H4,25,26,27)/t13-,14-,15-,16-/m0/s1. The molecule has 1 rings (SSSR count). The van der Waals surface area contributed by atoms with Crippen LogP contribution >= 0.6 is 0 Å². The van der Waals surface area contributed by atoms with E-state index in [1.807, 2.05) is 0 Å². The summed E-state index contributed by atoms with van der Waals surface area (Å²) in [7, 11) is 0. The second kappa shape index (κ2) is 15.6. The first-order valence-corrected chi connectivity index (χ1v) is 11.5. The van der Waals surface area contributed by atoms with Gasteiger partial charge in [-0.25, -0.2) is 4.79 Å². The van der Waals surface area contributed by atoms with Crippen molar-refractivity contribution in [3.8, 4) is 5.75 Å². The number of carbonyl (C=O) groups excluding carboxylic acids is 4. The number of nitrogens with one attached hydrogen (secondary N) is 3. The van der Waals surface area contributed by atoms with Gasteiger partial charge in [-0.3, -0.25) is 24.2 Å². The number of hydrogen-bond donors (Lipinski definition) is 10. The smallest absolute Gasteiger partial charge is 0.326 e. The molecule has 0 aliphatic carbocycles. The van der Waals surface area contributed by atoms with Gasteiger partial charge in [0.2, 0.25) is 23.6 Å². The van der Waals surface area contributed by atoms with Crippen LogP contribution < -0.4 is 38.9 Å². The van der Waals surface area contributed by atoms with E-state index in [-0.39, 0.29) is 37.5 Å². The molecule has 0 aliphatic rings. The topological polar surface area (TPSA) is 299 Å². The summed E-state index contributed by atoms with van der Waals surface area (Å²) in [6, 6.07) is 0.257. The maximum Gasteiger partial charge on any atom is 0.326 e. The second-order valence-electron chi connectivity index (χ2n) is 8.30. The van der Waals surface area contributed by atoms with Gasteiger partial charge in [0.15, 0.2) is 5.96 Å². The highest BCUT2D eigenvalue weighted by Crippen LogP contribution is 2.11. The minimum atomic E-state index is -1.60. The van der Waals surface area contributed by atoms with Crippen molar-refractivity contribution >= 4 is 35.6 Å². The number of nitrogens with zero attached hydrogens (tertiary/aromatic N) is 1. The molecular weight excluding hydrogens is 504 g/mol. The monoisotopic (exact) mass is 538 g/mol. The zero-order valence-corrected chi connectivity index (χ0v) is 20.5. The van der Waals surface area contributed by atoms with Gasteiger partial charge in [0.25, 0.3) is 0 Å². The van der Waals surface area contributed by atoms with Crippen molar-refractivity contribution in [2.24, 2.45) is 27.9 Å². The number of aliphatic hydroxyl groups is 1. The molecule has 14 N–H and O–H groups in total. The summed E-state index contributed by atoms with van der Waals surface area (Å²) >= 11 is 0. The molecule has 0 radical (unpaired) electrons. The van der Waals surface area contributed by atoms with Gasteiger partial charge >= 0.3 is 5.97 Å². The highest BCUT2D eigenvalue weighted by Gasteiger charge is 2.31. The van der Waals surface area contributed by atoms with Crippen molar-refractivity contribution in [1.82, 2.24) is 16.0 Å². The lowest BCUT2D eigenvalue weighted by Gasteiger charge is -2.24. The van der Waals surface area contributed by atoms with Crippen LogP contribution in [0.5, 0.6) is 5.75 Å². The van der Waals surface area contributed by atoms with Crippen molar-refractivity contribution in [2.75, 3.05) is 13.2 Å². The van der Waals surface area contributed by atoms with Crippen LogP contribution in [0.15, 0.2) is 29.3 Å². The Labute approximate surface area is 217 Å². The predicted molar refractivity (Wildman–Crippen MR) is 134 cm³/mol. The molecule has 4 amide bonds. The van der Waals surface area contributed by atoms with E-state index in [1.165, 1.54) is 12.1 Å². The first-order valence-electron chi connectivity index (χ1n) is 11.5. The van der Waals surface area contributed by atoms with Crippen molar-refractivity contribution < 1.29 is 39.3 Å². The molecule has 4 atom stereocenters. The van der Waals surface area contributed by atoms with Crippen molar-refractivity contribution in [1.29, 1.82) is 0 Å². The molecule has 0 spiro atoms. The number of nitrogens with two attached hydrogens (primary N) is 4. The zero-order valence-electron chi connectivity index (χ0n) is 20.5. The number of amides is 4. The van der Waals surface area contributed by atoms with Crippen LogP contribution in [0.4, 0.5) is 0 Å². The lowest BCUT2D eigenvalue weighted by atomic mass is 10.1. The normalized spacial score (nSPS) is 13.7. The average Bonchev–Trinajstić information content (AvgIpc) is 2.84. The van der Waals surface area contributed by atoms with Crippen LogP contribution in [-0.4, -0.2) is 88.2 Å². The summed E-state index contributed by atoms with van der Waals surface area (Å²) in [5, 5.41) is 35.0. The number of carbonyl (C=O) groups is 5. The Morgan fingerprint density at radius 2 is 1.42 bits per heavy atom. The van der Waals surface area contributed by atoms with E-state index in [1.54, 1.807) is 12.1 Å². The number of rotatable bonds is 16. The lowest BCUT2D eigenvalue weighted by molar-refractivity contribution is -0.142. The SMILES string of the molecule is NC(=O)C[C@H](NC(=O)[C@H](CO)NC(=O)[C@@H](N)Cc1ccc(O)cc1)C(=O)N[C@@H](CCCN=C(N)N)C(=O)O. The Morgan fingerprint density at radius 1 is 0.868 bits per heavy atom. The fraction of sp³-hybridized carbons (Fsp3) is 0.455. The quantitative estimate of drug-likeness (QED) is 0.0545. The third kappa shape index (κ3) is 11.5. The molecule has 1 aromatic carbocycles. The van der Waals surface area contributed by atoms with E-state index < -0.39 is 66.8 Å². The molecule has 0 saturated heterocycles. The van der Waals surface area contributed by atoms with E-state index >= 15 is 0 Å². The number of carboxylic acids is 1. The molecule has 0 unspecified atom stereocenters. The second-order valence-corrected chi connectivity index (χ2v) is 8.30. The number of benzene rings is 1. The Kier molecular flexibility index (Phi) is 13.0. The van der Waals surface area contributed by atoms with Gasteiger partial charge in [-0.1, -0.05) is 12.1 Å². The molecule has 38 heavy (non-hydrogen) atoms. The van der Waals surface area contributed by atoms with Crippen LogP contribution in [0, 0.1) is 0 Å². The van der Waals surface area contributed by atoms with Crippen LogP contribution in [-0.2, 0) is 30.4 Å². The molecule has 0 heterocycles. The lowest BCUT2D eigenvalue weighted by Crippen LogP contribution is -2.58.